The SMILES string of the molecule is CCNCc1cccc(N2CCS(=O)(=O)CC2)n1. The summed E-state index contributed by atoms with van der Waals surface area (Å²) in [4.78, 5) is 6.59. The number of sulfone groups is 1. The lowest BCUT2D eigenvalue weighted by Crippen LogP contribution is -2.40. The minimum atomic E-state index is -2.83. The summed E-state index contributed by atoms with van der Waals surface area (Å²) in [5, 5.41) is 3.23. The molecule has 5 nitrogen and oxygen atoms in total. The van der Waals surface area contributed by atoms with Crippen LogP contribution >= 0.6 is 0 Å². The van der Waals surface area contributed by atoms with E-state index in [1.165, 1.54) is 0 Å². The van der Waals surface area contributed by atoms with Gasteiger partial charge in [0.25, 0.3) is 0 Å². The maximum atomic E-state index is 11.4. The number of nitrogens with zero attached hydrogens (tertiary/aromatic N) is 2. The molecule has 1 aromatic heterocycles. The fourth-order valence-electron chi connectivity index (χ4n) is 1.94. The predicted molar refractivity (Wildman–Crippen MR) is 72.5 cm³/mol. The van der Waals surface area contributed by atoms with Gasteiger partial charge in [0, 0.05) is 19.6 Å². The fourth-order valence-corrected chi connectivity index (χ4v) is 3.14. The molecule has 0 radical (unpaired) electrons. The Morgan fingerprint density at radius 1 is 1.33 bits per heavy atom. The largest absolute Gasteiger partial charge is 0.355 e. The van der Waals surface area contributed by atoms with E-state index in [0.717, 1.165) is 24.6 Å². The van der Waals surface area contributed by atoms with Gasteiger partial charge >= 0.3 is 0 Å². The molecular weight excluding hydrogens is 250 g/mol. The van der Waals surface area contributed by atoms with Crippen molar-refractivity contribution in [2.45, 2.75) is 13.5 Å². The summed E-state index contributed by atoms with van der Waals surface area (Å²) in [7, 11) is -2.83. The van der Waals surface area contributed by atoms with Gasteiger partial charge in [0.2, 0.25) is 0 Å². The Morgan fingerprint density at radius 3 is 2.72 bits per heavy atom. The number of pyridine rings is 1. The van der Waals surface area contributed by atoms with Crippen LogP contribution in [0.4, 0.5) is 5.82 Å². The molecule has 18 heavy (non-hydrogen) atoms. The summed E-state index contributed by atoms with van der Waals surface area (Å²) in [5.41, 5.74) is 0.989. The first-order valence-corrected chi connectivity index (χ1v) is 8.05. The van der Waals surface area contributed by atoms with Crippen LogP contribution in [-0.4, -0.2) is 44.5 Å². The first-order valence-electron chi connectivity index (χ1n) is 6.23. The third-order valence-electron chi connectivity index (χ3n) is 3.02. The molecule has 100 valence electrons. The van der Waals surface area contributed by atoms with Crippen LogP contribution in [0.3, 0.4) is 0 Å². The molecule has 1 fully saturated rings. The number of anilines is 1. The summed E-state index contributed by atoms with van der Waals surface area (Å²) >= 11 is 0. The van der Waals surface area contributed by atoms with E-state index in [2.05, 4.69) is 17.2 Å². The third-order valence-corrected chi connectivity index (χ3v) is 4.63. The van der Waals surface area contributed by atoms with E-state index in [4.69, 9.17) is 0 Å². The Hall–Kier alpha value is -1.14. The molecule has 1 N–H and O–H groups in total. The zero-order valence-corrected chi connectivity index (χ0v) is 11.4. The van der Waals surface area contributed by atoms with Crippen LogP contribution < -0.4 is 10.2 Å². The maximum Gasteiger partial charge on any atom is 0.153 e. The Bertz CT molecular complexity index is 488. The van der Waals surface area contributed by atoms with E-state index in [-0.39, 0.29) is 11.5 Å². The zero-order chi connectivity index (χ0) is 13.0. The highest BCUT2D eigenvalue weighted by molar-refractivity contribution is 7.91. The molecule has 0 atom stereocenters. The van der Waals surface area contributed by atoms with Crippen LogP contribution in [-0.2, 0) is 16.4 Å². The molecule has 2 heterocycles. The van der Waals surface area contributed by atoms with Crippen molar-refractivity contribution >= 4 is 15.7 Å². The van der Waals surface area contributed by atoms with Gasteiger partial charge < -0.3 is 10.2 Å². The molecule has 6 heteroatoms. The highest BCUT2D eigenvalue weighted by Crippen LogP contribution is 2.15. The van der Waals surface area contributed by atoms with Crippen molar-refractivity contribution in [1.29, 1.82) is 0 Å². The van der Waals surface area contributed by atoms with E-state index >= 15 is 0 Å². The summed E-state index contributed by atoms with van der Waals surface area (Å²) in [6.45, 7) is 4.80. The molecule has 0 saturated carbocycles. The molecule has 1 aliphatic rings. The summed E-state index contributed by atoms with van der Waals surface area (Å²) in [6, 6.07) is 5.89. The fraction of sp³-hybridized carbons (Fsp3) is 0.583. The first kappa shape index (κ1) is 13.3. The van der Waals surface area contributed by atoms with Gasteiger partial charge in [0.05, 0.1) is 17.2 Å². The van der Waals surface area contributed by atoms with Crippen molar-refractivity contribution in [1.82, 2.24) is 10.3 Å². The van der Waals surface area contributed by atoms with Gasteiger partial charge in [-0.25, -0.2) is 13.4 Å². The van der Waals surface area contributed by atoms with Crippen molar-refractivity contribution in [3.8, 4) is 0 Å². The smallest absolute Gasteiger partial charge is 0.153 e. The number of hydrogen-bond acceptors (Lipinski definition) is 5. The molecule has 0 amide bonds. The Balaban J connectivity index is 2.05. The average molecular weight is 269 g/mol. The number of nitrogens with one attached hydrogen (secondary N) is 1. The molecular formula is C12H19N3O2S. The van der Waals surface area contributed by atoms with Gasteiger partial charge in [-0.1, -0.05) is 13.0 Å². The van der Waals surface area contributed by atoms with Gasteiger partial charge in [-0.05, 0) is 18.7 Å². The molecule has 0 bridgehead atoms. The highest BCUT2D eigenvalue weighted by Gasteiger charge is 2.22. The minimum Gasteiger partial charge on any atom is -0.355 e. The number of hydrogen-bond donors (Lipinski definition) is 1. The second kappa shape index (κ2) is 5.67. The standard InChI is InChI=1S/C12H19N3O2S/c1-2-13-10-11-4-3-5-12(14-11)15-6-8-18(16,17)9-7-15/h3-5,13H,2,6-10H2,1H3. The lowest BCUT2D eigenvalue weighted by Gasteiger charge is -2.27. The second-order valence-corrected chi connectivity index (χ2v) is 6.71. The Kier molecular flexibility index (Phi) is 4.19. The summed E-state index contributed by atoms with van der Waals surface area (Å²) in [6.07, 6.45) is 0. The molecule has 1 aromatic rings. The van der Waals surface area contributed by atoms with Crippen LogP contribution in [0.2, 0.25) is 0 Å². The van der Waals surface area contributed by atoms with Crippen molar-refractivity contribution in [2.75, 3.05) is 36.0 Å². The van der Waals surface area contributed by atoms with Gasteiger partial charge in [0.1, 0.15) is 5.82 Å². The molecule has 2 rings (SSSR count). The Labute approximate surface area is 108 Å². The highest BCUT2D eigenvalue weighted by atomic mass is 32.2. The third kappa shape index (κ3) is 3.43. The molecule has 0 aliphatic carbocycles. The summed E-state index contributed by atoms with van der Waals surface area (Å²) in [5.74, 6) is 1.33. The predicted octanol–water partition coefficient (Wildman–Crippen LogP) is 0.426. The van der Waals surface area contributed by atoms with Crippen molar-refractivity contribution in [2.24, 2.45) is 0 Å². The van der Waals surface area contributed by atoms with E-state index in [1.807, 2.05) is 23.1 Å². The Morgan fingerprint density at radius 2 is 2.06 bits per heavy atom. The normalized spacial score (nSPS) is 18.8. The van der Waals surface area contributed by atoms with Crippen molar-refractivity contribution < 1.29 is 8.42 Å². The summed E-state index contributed by atoms with van der Waals surface area (Å²) < 4.78 is 22.8. The number of aromatic nitrogens is 1. The minimum absolute atomic E-state index is 0.228. The van der Waals surface area contributed by atoms with Crippen LogP contribution in [0, 0.1) is 0 Å². The molecule has 0 unspecified atom stereocenters. The van der Waals surface area contributed by atoms with E-state index < -0.39 is 9.84 Å². The lowest BCUT2D eigenvalue weighted by molar-refractivity contribution is 0.586. The first-order chi connectivity index (χ1) is 8.61. The molecule has 0 spiro atoms. The maximum absolute atomic E-state index is 11.4. The van der Waals surface area contributed by atoms with Gasteiger partial charge in [-0.15, -0.1) is 0 Å². The van der Waals surface area contributed by atoms with Crippen LogP contribution in [0.25, 0.3) is 0 Å². The zero-order valence-electron chi connectivity index (χ0n) is 10.6. The average Bonchev–Trinajstić information content (AvgIpc) is 2.37. The van der Waals surface area contributed by atoms with Gasteiger partial charge in [0.15, 0.2) is 9.84 Å². The van der Waals surface area contributed by atoms with Crippen molar-refractivity contribution in [3.05, 3.63) is 23.9 Å². The molecule has 1 saturated heterocycles. The second-order valence-electron chi connectivity index (χ2n) is 4.41. The van der Waals surface area contributed by atoms with Gasteiger partial charge in [-0.2, -0.15) is 0 Å². The van der Waals surface area contributed by atoms with E-state index in [0.29, 0.717) is 13.1 Å². The van der Waals surface area contributed by atoms with Crippen LogP contribution in [0.5, 0.6) is 0 Å². The quantitative estimate of drug-likeness (QED) is 0.858. The molecule has 0 aromatic carbocycles. The lowest BCUT2D eigenvalue weighted by atomic mass is 10.3. The topological polar surface area (TPSA) is 62.3 Å². The molecule has 1 aliphatic heterocycles. The van der Waals surface area contributed by atoms with Crippen molar-refractivity contribution in [3.63, 3.8) is 0 Å². The van der Waals surface area contributed by atoms with Crippen LogP contribution in [0.1, 0.15) is 12.6 Å². The monoisotopic (exact) mass is 269 g/mol. The van der Waals surface area contributed by atoms with E-state index in [9.17, 15) is 8.42 Å². The van der Waals surface area contributed by atoms with E-state index in [1.54, 1.807) is 0 Å². The van der Waals surface area contributed by atoms with Crippen LogP contribution in [0.15, 0.2) is 18.2 Å². The number of rotatable bonds is 4. The van der Waals surface area contributed by atoms with Gasteiger partial charge in [-0.3, -0.25) is 0 Å².